The van der Waals surface area contributed by atoms with Crippen LogP contribution in [0.2, 0.25) is 0 Å². The fraction of sp³-hybridized carbons (Fsp3) is 0.583. The van der Waals surface area contributed by atoms with Crippen LogP contribution in [-0.4, -0.2) is 49.4 Å². The van der Waals surface area contributed by atoms with Gasteiger partial charge in [-0.3, -0.25) is 9.79 Å². The number of hydrogen-bond acceptors (Lipinski definition) is 4. The molecule has 2 N–H and O–H groups in total. The van der Waals surface area contributed by atoms with E-state index in [9.17, 15) is 4.79 Å². The number of carbonyl (C=O) groups is 1. The van der Waals surface area contributed by atoms with Gasteiger partial charge in [0.15, 0.2) is 5.96 Å². The minimum Gasteiger partial charge on any atom is -0.356 e. The van der Waals surface area contributed by atoms with Crippen molar-refractivity contribution in [1.82, 2.24) is 20.5 Å². The summed E-state index contributed by atoms with van der Waals surface area (Å²) in [5, 5.41) is 7.28. The first-order valence-electron chi connectivity index (χ1n) is 6.09. The Morgan fingerprint density at radius 2 is 2.15 bits per heavy atom. The molecule has 0 aromatic carbocycles. The van der Waals surface area contributed by atoms with Gasteiger partial charge in [-0.1, -0.05) is 0 Å². The van der Waals surface area contributed by atoms with Crippen LogP contribution in [0, 0.1) is 6.92 Å². The molecule has 0 bridgehead atoms. The van der Waals surface area contributed by atoms with E-state index in [-0.39, 0.29) is 29.9 Å². The van der Waals surface area contributed by atoms with Crippen molar-refractivity contribution in [2.75, 3.05) is 27.7 Å². The van der Waals surface area contributed by atoms with Crippen LogP contribution in [0.5, 0.6) is 0 Å². The average molecular weight is 411 g/mol. The topological polar surface area (TPSA) is 69.6 Å². The number of thiazole rings is 1. The molecule has 0 aliphatic heterocycles. The first-order chi connectivity index (χ1) is 9.02. The van der Waals surface area contributed by atoms with Crippen LogP contribution in [0.3, 0.4) is 0 Å². The van der Waals surface area contributed by atoms with Crippen molar-refractivity contribution in [2.24, 2.45) is 4.99 Å². The zero-order chi connectivity index (χ0) is 14.3. The number of amides is 1. The predicted molar refractivity (Wildman–Crippen MR) is 93.8 cm³/mol. The fourth-order valence-corrected chi connectivity index (χ4v) is 2.10. The van der Waals surface area contributed by atoms with Gasteiger partial charge in [-0.05, 0) is 6.92 Å². The number of aryl methyl sites for hydroxylation is 1. The van der Waals surface area contributed by atoms with E-state index in [1.54, 1.807) is 37.4 Å². The maximum atomic E-state index is 11.4. The Morgan fingerprint density at radius 1 is 1.45 bits per heavy atom. The van der Waals surface area contributed by atoms with E-state index in [4.69, 9.17) is 0 Å². The van der Waals surface area contributed by atoms with Gasteiger partial charge in [-0.25, -0.2) is 4.98 Å². The molecule has 1 heterocycles. The smallest absolute Gasteiger partial charge is 0.223 e. The maximum Gasteiger partial charge on any atom is 0.223 e. The normalized spacial score (nSPS) is 10.7. The number of carbonyl (C=O) groups excluding carboxylic acids is 1. The summed E-state index contributed by atoms with van der Waals surface area (Å²) in [5.41, 5.74) is 0. The lowest BCUT2D eigenvalue weighted by Gasteiger charge is -2.13. The molecule has 1 amide bonds. The van der Waals surface area contributed by atoms with E-state index >= 15 is 0 Å². The molecule has 0 radical (unpaired) electrons. The van der Waals surface area contributed by atoms with Gasteiger partial charge in [0.25, 0.3) is 0 Å². The van der Waals surface area contributed by atoms with Gasteiger partial charge in [0.05, 0.1) is 6.54 Å². The standard InChI is InChI=1S/C12H21N5OS.HI/c1-9-7-15-10(19-9)8-16-12(13-2)14-6-5-11(18)17(3)4;/h7H,5-6,8H2,1-4H3,(H2,13,14,16);1H. The van der Waals surface area contributed by atoms with Crippen molar-refractivity contribution in [3.63, 3.8) is 0 Å². The summed E-state index contributed by atoms with van der Waals surface area (Å²) < 4.78 is 0. The minimum atomic E-state index is 0. The number of aromatic nitrogens is 1. The largest absolute Gasteiger partial charge is 0.356 e. The average Bonchev–Trinajstić information content (AvgIpc) is 2.79. The Bertz CT molecular complexity index is 447. The molecule has 0 saturated carbocycles. The highest BCUT2D eigenvalue weighted by molar-refractivity contribution is 14.0. The molecule has 0 aliphatic rings. The van der Waals surface area contributed by atoms with Crippen molar-refractivity contribution in [1.29, 1.82) is 0 Å². The van der Waals surface area contributed by atoms with Crippen LogP contribution in [-0.2, 0) is 11.3 Å². The third kappa shape index (κ3) is 7.04. The first-order valence-corrected chi connectivity index (χ1v) is 6.90. The maximum absolute atomic E-state index is 11.4. The molecule has 0 unspecified atom stereocenters. The minimum absolute atomic E-state index is 0. The van der Waals surface area contributed by atoms with Crippen LogP contribution in [0.4, 0.5) is 0 Å². The molecule has 8 heteroatoms. The summed E-state index contributed by atoms with van der Waals surface area (Å²) in [7, 11) is 5.20. The highest BCUT2D eigenvalue weighted by Gasteiger charge is 2.05. The van der Waals surface area contributed by atoms with Crippen molar-refractivity contribution in [3.8, 4) is 0 Å². The van der Waals surface area contributed by atoms with E-state index in [2.05, 4.69) is 20.6 Å². The molecule has 114 valence electrons. The molecular formula is C12H22IN5OS. The molecule has 0 saturated heterocycles. The second-order valence-corrected chi connectivity index (χ2v) is 5.57. The zero-order valence-corrected chi connectivity index (χ0v) is 15.4. The lowest BCUT2D eigenvalue weighted by molar-refractivity contribution is -0.128. The van der Waals surface area contributed by atoms with E-state index in [0.717, 1.165) is 5.01 Å². The lowest BCUT2D eigenvalue weighted by Crippen LogP contribution is -2.38. The molecule has 6 nitrogen and oxygen atoms in total. The Balaban J connectivity index is 0.00000361. The Kier molecular flexibility index (Phi) is 9.47. The van der Waals surface area contributed by atoms with Gasteiger partial charge >= 0.3 is 0 Å². The third-order valence-corrected chi connectivity index (χ3v) is 3.34. The first kappa shape index (κ1) is 19.1. The quantitative estimate of drug-likeness (QED) is 0.434. The van der Waals surface area contributed by atoms with E-state index in [1.165, 1.54) is 4.88 Å². The molecule has 0 atom stereocenters. The Hall–Kier alpha value is -0.900. The number of nitrogens with zero attached hydrogens (tertiary/aromatic N) is 3. The molecule has 0 aliphatic carbocycles. The molecule has 1 rings (SSSR count). The van der Waals surface area contributed by atoms with Crippen LogP contribution in [0.25, 0.3) is 0 Å². The van der Waals surface area contributed by atoms with Crippen molar-refractivity contribution >= 4 is 47.2 Å². The summed E-state index contributed by atoms with van der Waals surface area (Å²) in [6, 6.07) is 0. The monoisotopic (exact) mass is 411 g/mol. The predicted octanol–water partition coefficient (Wildman–Crippen LogP) is 1.21. The summed E-state index contributed by atoms with van der Waals surface area (Å²) >= 11 is 1.66. The summed E-state index contributed by atoms with van der Waals surface area (Å²) in [6.07, 6.45) is 2.30. The molecule has 0 fully saturated rings. The summed E-state index contributed by atoms with van der Waals surface area (Å²) in [5.74, 6) is 0.776. The fourth-order valence-electron chi connectivity index (χ4n) is 1.37. The molecule has 0 spiro atoms. The Labute approximate surface area is 141 Å². The van der Waals surface area contributed by atoms with Gasteiger partial charge in [0.1, 0.15) is 5.01 Å². The number of hydrogen-bond donors (Lipinski definition) is 2. The van der Waals surface area contributed by atoms with Crippen LogP contribution in [0.1, 0.15) is 16.3 Å². The highest BCUT2D eigenvalue weighted by Crippen LogP contribution is 2.10. The lowest BCUT2D eigenvalue weighted by atomic mass is 10.4. The number of nitrogens with one attached hydrogen (secondary N) is 2. The van der Waals surface area contributed by atoms with Gasteiger partial charge in [-0.15, -0.1) is 35.3 Å². The van der Waals surface area contributed by atoms with Crippen LogP contribution < -0.4 is 10.6 Å². The van der Waals surface area contributed by atoms with Gasteiger partial charge < -0.3 is 15.5 Å². The van der Waals surface area contributed by atoms with Gasteiger partial charge in [0, 0.05) is 45.2 Å². The van der Waals surface area contributed by atoms with E-state index < -0.39 is 0 Å². The summed E-state index contributed by atoms with van der Waals surface area (Å²) in [4.78, 5) is 22.5. The molecule has 1 aromatic heterocycles. The third-order valence-electron chi connectivity index (χ3n) is 2.43. The second-order valence-electron chi connectivity index (χ2n) is 4.26. The molecule has 1 aromatic rings. The molecular weight excluding hydrogens is 389 g/mol. The SMILES string of the molecule is CN=C(NCCC(=O)N(C)C)NCc1ncc(C)s1.I. The molecule has 20 heavy (non-hydrogen) atoms. The van der Waals surface area contributed by atoms with E-state index in [0.29, 0.717) is 25.5 Å². The highest BCUT2D eigenvalue weighted by atomic mass is 127. The second kappa shape index (κ2) is 9.92. The van der Waals surface area contributed by atoms with Crippen molar-refractivity contribution in [3.05, 3.63) is 16.1 Å². The zero-order valence-electron chi connectivity index (χ0n) is 12.3. The number of aliphatic imine (C=N–C) groups is 1. The number of guanidine groups is 1. The van der Waals surface area contributed by atoms with E-state index in [1.807, 2.05) is 13.1 Å². The van der Waals surface area contributed by atoms with Gasteiger partial charge in [0.2, 0.25) is 5.91 Å². The number of halogens is 1. The number of rotatable bonds is 5. The van der Waals surface area contributed by atoms with Crippen LogP contribution in [0.15, 0.2) is 11.2 Å². The van der Waals surface area contributed by atoms with Crippen molar-refractivity contribution in [2.45, 2.75) is 19.9 Å². The Morgan fingerprint density at radius 3 is 2.65 bits per heavy atom. The van der Waals surface area contributed by atoms with Crippen molar-refractivity contribution < 1.29 is 4.79 Å². The van der Waals surface area contributed by atoms with Gasteiger partial charge in [-0.2, -0.15) is 0 Å². The van der Waals surface area contributed by atoms with Crippen LogP contribution >= 0.6 is 35.3 Å². The summed E-state index contributed by atoms with van der Waals surface area (Å²) in [6.45, 7) is 3.23.